The molecule has 0 saturated heterocycles. The standard InChI is InChI=1S/C20H14Cl2N4O/c21-13-6-8-14(9-7-13)26(20(23)27)19-16-10-15(12-4-2-1-3-5-12)17(22)11-18(16)24-25-19/h1-11H,(H2,23,27)(H,24,25). The molecule has 4 rings (SSSR count). The van der Waals surface area contributed by atoms with Crippen molar-refractivity contribution >= 4 is 51.6 Å². The first-order valence-corrected chi connectivity index (χ1v) is 8.88. The molecule has 0 bridgehead atoms. The van der Waals surface area contributed by atoms with Gasteiger partial charge in [0.2, 0.25) is 0 Å². The molecule has 2 amide bonds. The van der Waals surface area contributed by atoms with Crippen LogP contribution in [-0.4, -0.2) is 16.2 Å². The number of nitrogens with one attached hydrogen (secondary N) is 1. The van der Waals surface area contributed by atoms with Gasteiger partial charge in [-0.25, -0.2) is 9.69 Å². The van der Waals surface area contributed by atoms with Crippen LogP contribution in [0.2, 0.25) is 10.0 Å². The summed E-state index contributed by atoms with van der Waals surface area (Å²) in [6.07, 6.45) is 0. The number of hydrogen-bond acceptors (Lipinski definition) is 2. The van der Waals surface area contributed by atoms with Gasteiger partial charge in [0.05, 0.1) is 16.2 Å². The summed E-state index contributed by atoms with van der Waals surface area (Å²) in [4.78, 5) is 13.5. The van der Waals surface area contributed by atoms with E-state index in [0.717, 1.165) is 16.5 Å². The molecule has 0 unspecified atom stereocenters. The zero-order valence-corrected chi connectivity index (χ0v) is 15.5. The number of carbonyl (C=O) groups excluding carboxylic acids is 1. The number of hydrogen-bond donors (Lipinski definition) is 2. The molecule has 7 heteroatoms. The van der Waals surface area contributed by atoms with E-state index >= 15 is 0 Å². The van der Waals surface area contributed by atoms with E-state index in [2.05, 4.69) is 10.2 Å². The van der Waals surface area contributed by atoms with Crippen molar-refractivity contribution in [1.82, 2.24) is 10.2 Å². The molecule has 3 aromatic carbocycles. The average molecular weight is 397 g/mol. The van der Waals surface area contributed by atoms with E-state index in [-0.39, 0.29) is 0 Å². The van der Waals surface area contributed by atoms with Crippen molar-refractivity contribution < 1.29 is 4.79 Å². The van der Waals surface area contributed by atoms with Gasteiger partial charge in [0.15, 0.2) is 5.82 Å². The third kappa shape index (κ3) is 3.23. The Hall–Kier alpha value is -3.02. The number of primary amides is 1. The molecule has 0 aliphatic heterocycles. The first kappa shape index (κ1) is 17.4. The van der Waals surface area contributed by atoms with E-state index in [9.17, 15) is 4.79 Å². The third-order valence-electron chi connectivity index (χ3n) is 4.23. The predicted octanol–water partition coefficient (Wildman–Crippen LogP) is 5.75. The van der Waals surface area contributed by atoms with Crippen LogP contribution >= 0.6 is 23.2 Å². The van der Waals surface area contributed by atoms with Crippen molar-refractivity contribution in [2.75, 3.05) is 4.90 Å². The number of amides is 2. The molecule has 0 radical (unpaired) electrons. The van der Waals surface area contributed by atoms with Crippen LogP contribution in [0.4, 0.5) is 16.3 Å². The molecule has 5 nitrogen and oxygen atoms in total. The van der Waals surface area contributed by atoms with Gasteiger partial charge in [-0.3, -0.25) is 5.10 Å². The average Bonchev–Trinajstić information content (AvgIpc) is 3.05. The Labute approximate surface area is 165 Å². The van der Waals surface area contributed by atoms with Gasteiger partial charge < -0.3 is 5.73 Å². The lowest BCUT2D eigenvalue weighted by Crippen LogP contribution is -2.31. The molecular weight excluding hydrogens is 383 g/mol. The topological polar surface area (TPSA) is 75.0 Å². The molecule has 1 heterocycles. The van der Waals surface area contributed by atoms with Crippen LogP contribution in [-0.2, 0) is 0 Å². The van der Waals surface area contributed by atoms with E-state index < -0.39 is 6.03 Å². The van der Waals surface area contributed by atoms with E-state index in [1.54, 1.807) is 30.3 Å². The zero-order valence-electron chi connectivity index (χ0n) is 14.0. The first-order chi connectivity index (χ1) is 13.0. The maximum atomic E-state index is 12.2. The summed E-state index contributed by atoms with van der Waals surface area (Å²) in [5, 5.41) is 9.09. The Morgan fingerprint density at radius 3 is 2.37 bits per heavy atom. The summed E-state index contributed by atoms with van der Waals surface area (Å²) in [5.41, 5.74) is 8.72. The normalized spacial score (nSPS) is 10.9. The van der Waals surface area contributed by atoms with Crippen LogP contribution in [0.3, 0.4) is 0 Å². The number of halogens is 2. The Bertz CT molecular complexity index is 1120. The molecule has 0 atom stereocenters. The number of H-pyrrole nitrogens is 1. The molecule has 27 heavy (non-hydrogen) atoms. The molecule has 4 aromatic rings. The van der Waals surface area contributed by atoms with Gasteiger partial charge in [-0.15, -0.1) is 0 Å². The highest BCUT2D eigenvalue weighted by molar-refractivity contribution is 6.34. The minimum absolute atomic E-state index is 0.397. The molecule has 0 saturated carbocycles. The van der Waals surface area contributed by atoms with Gasteiger partial charge in [0.25, 0.3) is 0 Å². The monoisotopic (exact) mass is 396 g/mol. The van der Waals surface area contributed by atoms with Gasteiger partial charge in [0, 0.05) is 16.0 Å². The maximum absolute atomic E-state index is 12.2. The minimum Gasteiger partial charge on any atom is -0.351 e. The lowest BCUT2D eigenvalue weighted by atomic mass is 10.0. The molecule has 134 valence electrons. The Kier molecular flexibility index (Phi) is 4.48. The van der Waals surface area contributed by atoms with E-state index in [1.165, 1.54) is 4.90 Å². The number of urea groups is 1. The highest BCUT2D eigenvalue weighted by Gasteiger charge is 2.22. The molecule has 0 aliphatic rings. The largest absolute Gasteiger partial charge is 0.351 e. The van der Waals surface area contributed by atoms with E-state index in [1.807, 2.05) is 36.4 Å². The number of rotatable bonds is 3. The predicted molar refractivity (Wildman–Crippen MR) is 110 cm³/mol. The Morgan fingerprint density at radius 2 is 1.70 bits per heavy atom. The quantitative estimate of drug-likeness (QED) is 0.462. The third-order valence-corrected chi connectivity index (χ3v) is 4.80. The van der Waals surface area contributed by atoms with Gasteiger partial charge in [-0.2, -0.15) is 5.10 Å². The lowest BCUT2D eigenvalue weighted by molar-refractivity contribution is 0.256. The van der Waals surface area contributed by atoms with Gasteiger partial charge >= 0.3 is 6.03 Å². The second kappa shape index (κ2) is 6.95. The number of anilines is 2. The molecule has 0 aliphatic carbocycles. The number of nitrogens with zero attached hydrogens (tertiary/aromatic N) is 2. The first-order valence-electron chi connectivity index (χ1n) is 8.13. The van der Waals surface area contributed by atoms with Crippen LogP contribution in [0.15, 0.2) is 66.7 Å². The van der Waals surface area contributed by atoms with Crippen molar-refractivity contribution in [2.24, 2.45) is 5.73 Å². The second-order valence-corrected chi connectivity index (χ2v) is 6.78. The molecule has 0 spiro atoms. The highest BCUT2D eigenvalue weighted by atomic mass is 35.5. The summed E-state index contributed by atoms with van der Waals surface area (Å²) < 4.78 is 0. The summed E-state index contributed by atoms with van der Waals surface area (Å²) in [6.45, 7) is 0. The summed E-state index contributed by atoms with van der Waals surface area (Å²) in [6, 6.07) is 19.6. The Balaban J connectivity index is 1.90. The lowest BCUT2D eigenvalue weighted by Gasteiger charge is -2.18. The van der Waals surface area contributed by atoms with Gasteiger partial charge in [-0.1, -0.05) is 53.5 Å². The second-order valence-electron chi connectivity index (χ2n) is 5.94. The summed E-state index contributed by atoms with van der Waals surface area (Å²) in [5.74, 6) is 0.397. The number of benzene rings is 3. The maximum Gasteiger partial charge on any atom is 0.325 e. The van der Waals surface area contributed by atoms with Crippen LogP contribution in [0.1, 0.15) is 0 Å². The fraction of sp³-hybridized carbons (Fsp3) is 0. The molecular formula is C20H14Cl2N4O. The van der Waals surface area contributed by atoms with Crippen molar-refractivity contribution in [3.8, 4) is 11.1 Å². The summed E-state index contributed by atoms with van der Waals surface area (Å²) in [7, 11) is 0. The van der Waals surface area contributed by atoms with Gasteiger partial charge in [-0.05, 0) is 42.0 Å². The van der Waals surface area contributed by atoms with Crippen LogP contribution < -0.4 is 10.6 Å². The molecule has 0 fully saturated rings. The van der Waals surface area contributed by atoms with E-state index in [4.69, 9.17) is 28.9 Å². The van der Waals surface area contributed by atoms with Crippen LogP contribution in [0.5, 0.6) is 0 Å². The van der Waals surface area contributed by atoms with Crippen molar-refractivity contribution in [1.29, 1.82) is 0 Å². The number of fused-ring (bicyclic) bond motifs is 1. The van der Waals surface area contributed by atoms with Crippen LogP contribution in [0.25, 0.3) is 22.0 Å². The SMILES string of the molecule is NC(=O)N(c1ccc(Cl)cc1)c1n[nH]c2cc(Cl)c(-c3ccccc3)cc12. The van der Waals surface area contributed by atoms with Crippen molar-refractivity contribution in [3.05, 3.63) is 76.8 Å². The highest BCUT2D eigenvalue weighted by Crippen LogP contribution is 2.37. The minimum atomic E-state index is -0.651. The van der Waals surface area contributed by atoms with Crippen LogP contribution in [0, 0.1) is 0 Å². The van der Waals surface area contributed by atoms with Crippen molar-refractivity contribution in [2.45, 2.75) is 0 Å². The number of aromatic nitrogens is 2. The van der Waals surface area contributed by atoms with Crippen molar-refractivity contribution in [3.63, 3.8) is 0 Å². The number of carbonyl (C=O) groups is 1. The smallest absolute Gasteiger partial charge is 0.325 e. The number of nitrogens with two attached hydrogens (primary N) is 1. The summed E-state index contributed by atoms with van der Waals surface area (Å²) >= 11 is 12.4. The molecule has 1 aromatic heterocycles. The Morgan fingerprint density at radius 1 is 1.00 bits per heavy atom. The fourth-order valence-corrected chi connectivity index (χ4v) is 3.38. The molecule has 3 N–H and O–H groups in total. The van der Waals surface area contributed by atoms with E-state index in [0.29, 0.717) is 27.1 Å². The number of aromatic amines is 1. The fourth-order valence-electron chi connectivity index (χ4n) is 2.98. The van der Waals surface area contributed by atoms with Gasteiger partial charge in [0.1, 0.15) is 0 Å². The zero-order chi connectivity index (χ0) is 19.0.